The number of aliphatic hydroxyl groups excluding tert-OH is 1. The minimum absolute atomic E-state index is 0.0637. The molecule has 3 aliphatic heterocycles. The van der Waals surface area contributed by atoms with Crippen molar-refractivity contribution < 1.29 is 115 Å². The van der Waals surface area contributed by atoms with E-state index in [0.717, 1.165) is 37.1 Å². The third-order valence-corrected chi connectivity index (χ3v) is 25.0. The first kappa shape index (κ1) is 105. The maximum atomic E-state index is 15.7. The average molecular weight is 1900 g/mol. The number of phenols is 1. The maximum absolute atomic E-state index is 15.7. The number of primary amides is 1. The highest BCUT2D eigenvalue weighted by molar-refractivity contribution is 8.00. The van der Waals surface area contributed by atoms with Crippen LogP contribution in [0.4, 0.5) is 13.2 Å². The van der Waals surface area contributed by atoms with Crippen LogP contribution >= 0.6 is 11.8 Å². The van der Waals surface area contributed by atoms with Crippen molar-refractivity contribution in [2.24, 2.45) is 17.6 Å². The molecule has 728 valence electrons. The number of fused-ring (bicyclic) bond motifs is 3. The van der Waals surface area contributed by atoms with Crippen LogP contribution < -0.4 is 53.6 Å². The van der Waals surface area contributed by atoms with Gasteiger partial charge >= 0.3 is 11.9 Å². The number of phenolic OH excluding ortho intramolecular Hbond substituents is 1. The summed E-state index contributed by atoms with van der Waals surface area (Å²) in [6, 6.07) is 6.40. The summed E-state index contributed by atoms with van der Waals surface area (Å²) in [5, 5.41) is 66.2. The molecule has 5 aromatic carbocycles. The van der Waals surface area contributed by atoms with Gasteiger partial charge in [0.1, 0.15) is 84.3 Å². The molecule has 14 atom stereocenters. The van der Waals surface area contributed by atoms with Gasteiger partial charge in [-0.05, 0) is 109 Å². The van der Waals surface area contributed by atoms with Gasteiger partial charge in [0, 0.05) is 102 Å². The van der Waals surface area contributed by atoms with E-state index in [1.54, 1.807) is 113 Å². The zero-order valence-corrected chi connectivity index (χ0v) is 77.3. The first-order valence-corrected chi connectivity index (χ1v) is 45.8. The van der Waals surface area contributed by atoms with Crippen LogP contribution in [0.2, 0.25) is 0 Å². The predicted molar refractivity (Wildman–Crippen MR) is 487 cm³/mol. The second kappa shape index (κ2) is 49.0. The fraction of sp³-hybridized carbons (Fsp3) is 0.479. The number of aliphatic hydroxyl groups is 1. The molecule has 3 fully saturated rings. The molecule has 0 radical (unpaired) electrons. The molecule has 0 saturated carbocycles. The number of benzene rings is 5. The summed E-state index contributed by atoms with van der Waals surface area (Å²) in [6.45, 7) is 8.41. The molecule has 0 spiro atoms. The van der Waals surface area contributed by atoms with Crippen molar-refractivity contribution in [1.29, 1.82) is 0 Å². The Hall–Kier alpha value is -13.5. The van der Waals surface area contributed by atoms with E-state index in [4.69, 9.17) is 5.73 Å². The summed E-state index contributed by atoms with van der Waals surface area (Å²) in [5.74, 6) is -26.7. The highest BCUT2D eigenvalue weighted by atomic mass is 32.2. The lowest BCUT2D eigenvalue weighted by Gasteiger charge is -2.38. The van der Waals surface area contributed by atoms with Gasteiger partial charge in [0.15, 0.2) is 17.5 Å². The van der Waals surface area contributed by atoms with Gasteiger partial charge in [-0.3, -0.25) is 81.5 Å². The van der Waals surface area contributed by atoms with E-state index in [1.807, 2.05) is 0 Å². The number of likely N-dealkylation sites (N-methyl/N-ethyl adjacent to an activating group) is 3. The molecule has 16 N–H and O–H groups in total. The lowest BCUT2D eigenvalue weighted by molar-refractivity contribution is -0.152. The quantitative estimate of drug-likeness (QED) is 0.0385. The molecule has 1 aromatic heterocycles. The number of thioether (sulfide) groups is 1. The van der Waals surface area contributed by atoms with Crippen molar-refractivity contribution in [1.82, 2.24) is 77.3 Å². The number of para-hydroxylation sites is 1. The van der Waals surface area contributed by atoms with E-state index in [1.165, 1.54) is 52.2 Å². The van der Waals surface area contributed by atoms with E-state index in [0.29, 0.717) is 63.5 Å². The van der Waals surface area contributed by atoms with Crippen LogP contribution in [0.1, 0.15) is 132 Å². The number of unbranched alkanes of at least 4 members (excludes halogenated alkanes) is 1. The van der Waals surface area contributed by atoms with Crippen LogP contribution in [0.15, 0.2) is 121 Å². The van der Waals surface area contributed by atoms with Crippen LogP contribution in [-0.2, 0) is 114 Å². The number of nitrogens with one attached hydrogen (secondary N) is 10. The molecule has 3 aliphatic rings. The number of H-pyrrole nitrogens is 1. The van der Waals surface area contributed by atoms with E-state index in [-0.39, 0.29) is 75.6 Å². The van der Waals surface area contributed by atoms with Crippen LogP contribution in [0.3, 0.4) is 0 Å². The number of aromatic nitrogens is 1. The highest BCUT2D eigenvalue weighted by Gasteiger charge is 2.48. The van der Waals surface area contributed by atoms with Gasteiger partial charge in [-0.2, -0.15) is 0 Å². The zero-order valence-electron chi connectivity index (χ0n) is 76.5. The summed E-state index contributed by atoms with van der Waals surface area (Å²) in [6.07, 6.45) is -4.63. The number of carboxylic acid groups (broad SMARTS) is 2. The molecule has 15 amide bonds. The lowest BCUT2D eigenvalue weighted by Crippen LogP contribution is -2.62. The molecule has 0 bridgehead atoms. The van der Waals surface area contributed by atoms with Crippen molar-refractivity contribution in [3.8, 4) is 5.75 Å². The normalized spacial score (nSPS) is 24.0. The molecule has 4 heterocycles. The van der Waals surface area contributed by atoms with Gasteiger partial charge in [0.05, 0.1) is 24.8 Å². The number of carbonyl (C=O) groups is 17. The second-order valence-electron chi connectivity index (χ2n) is 35.1. The monoisotopic (exact) mass is 1900 g/mol. The molecule has 6 aromatic rings. The Kier molecular flexibility index (Phi) is 38.2. The Morgan fingerprint density at radius 1 is 0.548 bits per heavy atom. The average Bonchev–Trinajstić information content (AvgIpc) is 1.75. The van der Waals surface area contributed by atoms with Gasteiger partial charge in [-0.1, -0.05) is 138 Å². The topological polar surface area (TPSA) is 537 Å². The summed E-state index contributed by atoms with van der Waals surface area (Å²) in [5.41, 5.74) is 8.13. The van der Waals surface area contributed by atoms with Crippen molar-refractivity contribution >= 4 is 123 Å². The van der Waals surface area contributed by atoms with E-state index in [9.17, 15) is 58.4 Å². The number of aromatic amines is 1. The predicted octanol–water partition coefficient (Wildman–Crippen LogP) is 2.00. The number of carboxylic acids is 2. The fourth-order valence-electron chi connectivity index (χ4n) is 16.6. The summed E-state index contributed by atoms with van der Waals surface area (Å²) >= 11 is 0.652. The fourth-order valence-corrected chi connectivity index (χ4v) is 17.4. The summed E-state index contributed by atoms with van der Waals surface area (Å²) in [7, 11) is 3.59. The number of hydrogen-bond acceptors (Lipinski definition) is 20. The minimum atomic E-state index is -2.06. The highest BCUT2D eigenvalue weighted by Crippen LogP contribution is 2.29. The van der Waals surface area contributed by atoms with Gasteiger partial charge in [-0.15, -0.1) is 11.8 Å². The molecule has 0 aliphatic carbocycles. The van der Waals surface area contributed by atoms with E-state index in [2.05, 4.69) is 52.8 Å². The number of carbonyl (C=O) groups excluding carboxylic acids is 15. The number of aromatic hydroxyl groups is 1. The van der Waals surface area contributed by atoms with Gasteiger partial charge in [0.2, 0.25) is 88.6 Å². The SMILES string of the molecule is CCCC[C@H]1C(=O)N2C[C@@H](O)C[C@@H]2C(=O)N[C@@H](CC(=O)O)C(=O)N[C@@H](C(C)C)C(=O)N(C)[C@H](Cc2ccc(C)cc2)C(=O)N[C@@H](CCC(=O)O)C(=O)N2CCC[C@@H]2C(=O)N[C@@H](Cc2c[nH]c3ccccc23)C(=O)N[C@@H](Cc2ccc(O)cc2)C(=O)N[C@H](CC(C)C)C(=O)N[C@H](C(=O)NCC(N)=O)CSCC(=O)N[C@H](Cc2cc(F)c(F)c(F)c2)C(=O)N(C)[C@@H](Cc2ccccc2)C(=O)N1C. The van der Waals surface area contributed by atoms with Crippen molar-refractivity contribution in [3.05, 3.63) is 172 Å². The maximum Gasteiger partial charge on any atom is 0.305 e. The van der Waals surface area contributed by atoms with Gasteiger partial charge in [-0.25, -0.2) is 13.2 Å². The number of aryl methyl sites for hydroxylation is 1. The van der Waals surface area contributed by atoms with E-state index >= 15 is 56.7 Å². The largest absolute Gasteiger partial charge is 0.508 e. The molecule has 9 rings (SSSR count). The van der Waals surface area contributed by atoms with E-state index < -0.39 is 271 Å². The number of nitrogens with zero attached hydrogens (tertiary/aromatic N) is 5. The smallest absolute Gasteiger partial charge is 0.305 e. The first-order valence-electron chi connectivity index (χ1n) is 44.6. The molecular weight excluding hydrogens is 1780 g/mol. The molecule has 3 saturated heterocycles. The van der Waals surface area contributed by atoms with Crippen molar-refractivity contribution in [2.75, 3.05) is 52.3 Å². The molecular formula is C94H119F3N16O21S. The molecule has 135 heavy (non-hydrogen) atoms. The van der Waals surface area contributed by atoms with Crippen LogP contribution in [0.25, 0.3) is 10.9 Å². The third-order valence-electron chi connectivity index (χ3n) is 24.0. The first-order chi connectivity index (χ1) is 64.0. The molecule has 37 nitrogen and oxygen atoms in total. The zero-order chi connectivity index (χ0) is 98.9. The van der Waals surface area contributed by atoms with Crippen LogP contribution in [0, 0.1) is 36.2 Å². The number of nitrogens with two attached hydrogens (primary N) is 1. The lowest BCUT2D eigenvalue weighted by atomic mass is 9.98. The van der Waals surface area contributed by atoms with Gasteiger partial charge < -0.3 is 103 Å². The van der Waals surface area contributed by atoms with Gasteiger partial charge in [0.25, 0.3) is 0 Å². The second-order valence-corrected chi connectivity index (χ2v) is 36.1. The Balaban J connectivity index is 1.14. The summed E-state index contributed by atoms with van der Waals surface area (Å²) in [4.78, 5) is 258. The minimum Gasteiger partial charge on any atom is -0.508 e. The Bertz CT molecular complexity index is 5280. The van der Waals surface area contributed by atoms with Crippen molar-refractivity contribution in [3.63, 3.8) is 0 Å². The Morgan fingerprint density at radius 2 is 1.10 bits per heavy atom. The number of hydrogen-bond donors (Lipinski definition) is 15. The summed E-state index contributed by atoms with van der Waals surface area (Å²) < 4.78 is 45.1. The van der Waals surface area contributed by atoms with Crippen molar-refractivity contribution in [2.45, 2.75) is 223 Å². The number of amides is 15. The standard InChI is InChI=1S/C94H119F3N16O21S/c1-10-11-22-72-93(133)113-47-59(115)43-74(113)89(129)106-68(44-79(120)121)86(126)108-81(51(4)5)94(134)110(8)73(40-55-26-24-52(6)25-27-55)88(128)102-64(32-33-78(118)119)91(131)112-34-17-23-71(112)87(127)105-67(42-57-45-99-63-21-16-15-20-60(57)63)85(125)104-66(38-54-28-30-58(114)31-29-54)84(124)103-65(35-50(2)3)83(123)107-70(82(122)100-46-76(98)116)48-135-49-77(117)101-69(39-56-36-61(95)80(97)62(96)37-56)90(130)111(9)75(92(132)109(72)7)41-53-18-13-12-14-19-53/h12-16,18-21,24-31,36-37,45,50-51,59,64-75,81,99,114-115H,10-11,17,22-23,32-35,38-44,46-49H2,1-9H3,(H2,98,116)(H,100,122)(H,101,117)(H,102,128)(H,103,124)(H,104,125)(H,105,127)(H,106,129)(H,107,123)(H,108,126)(H,118,119)(H,120,121)/t59-,64-,65+,66-,67-,68-,69+,70-,71+,72-,73+,74+,75-,81-/m0/s1. The number of aliphatic carboxylic acids is 2. The third kappa shape index (κ3) is 29.3. The molecule has 41 heteroatoms. The van der Waals surface area contributed by atoms with Crippen LogP contribution in [-0.4, -0.2) is 287 Å². The Morgan fingerprint density at radius 3 is 1.74 bits per heavy atom. The van der Waals surface area contributed by atoms with Crippen LogP contribution in [0.5, 0.6) is 5.75 Å². The number of rotatable bonds is 24. The Labute approximate surface area is 782 Å². The number of halogens is 3. The molecule has 0 unspecified atom stereocenters.